The second-order valence-electron chi connectivity index (χ2n) is 5.10. The molecule has 0 radical (unpaired) electrons. The molecule has 0 aromatic carbocycles. The number of hydrogen-bond donors (Lipinski definition) is 1. The number of pyridine rings is 1. The fourth-order valence-electron chi connectivity index (χ4n) is 2.56. The molecule has 4 nitrogen and oxygen atoms in total. The Morgan fingerprint density at radius 2 is 2.39 bits per heavy atom. The number of carbonyl (C=O) groups excluding carboxylic acids is 1. The van der Waals surface area contributed by atoms with E-state index in [1.165, 1.54) is 0 Å². The van der Waals surface area contributed by atoms with Gasteiger partial charge in [-0.3, -0.25) is 9.78 Å². The first-order chi connectivity index (χ1) is 8.70. The largest absolute Gasteiger partial charge is 0.338 e. The smallest absolute Gasteiger partial charge is 0.228 e. The van der Waals surface area contributed by atoms with Gasteiger partial charge in [-0.2, -0.15) is 0 Å². The lowest BCUT2D eigenvalue weighted by molar-refractivity contribution is -0.134. The summed E-state index contributed by atoms with van der Waals surface area (Å²) >= 11 is 0. The maximum Gasteiger partial charge on any atom is 0.228 e. The number of aromatic nitrogens is 1. The van der Waals surface area contributed by atoms with Crippen LogP contribution in [0.15, 0.2) is 24.4 Å². The standard InChI is InChI=1S/C14H21N3O/c1-11-5-7-17(13(8-11)10-15)14(18)9-12-4-2-3-6-16-12/h2-4,6,11,13H,5,7-10,15H2,1H3. The van der Waals surface area contributed by atoms with Crippen molar-refractivity contribution < 1.29 is 4.79 Å². The van der Waals surface area contributed by atoms with Gasteiger partial charge in [0.25, 0.3) is 0 Å². The SMILES string of the molecule is CC1CCN(C(=O)Cc2ccccn2)C(CN)C1. The molecule has 0 bridgehead atoms. The molecule has 1 aromatic heterocycles. The predicted octanol–water partition coefficient (Wildman–Crippen LogP) is 1.21. The molecule has 1 saturated heterocycles. The van der Waals surface area contributed by atoms with E-state index >= 15 is 0 Å². The topological polar surface area (TPSA) is 59.2 Å². The summed E-state index contributed by atoms with van der Waals surface area (Å²) < 4.78 is 0. The molecule has 98 valence electrons. The summed E-state index contributed by atoms with van der Waals surface area (Å²) in [7, 11) is 0. The Kier molecular flexibility index (Phi) is 4.31. The number of amides is 1. The molecule has 2 rings (SSSR count). The molecule has 1 amide bonds. The Hall–Kier alpha value is -1.42. The van der Waals surface area contributed by atoms with Gasteiger partial charge in [-0.15, -0.1) is 0 Å². The minimum absolute atomic E-state index is 0.149. The highest BCUT2D eigenvalue weighted by Crippen LogP contribution is 2.22. The summed E-state index contributed by atoms with van der Waals surface area (Å²) in [5.41, 5.74) is 6.61. The summed E-state index contributed by atoms with van der Waals surface area (Å²) in [6.45, 7) is 3.61. The van der Waals surface area contributed by atoms with E-state index in [0.29, 0.717) is 18.9 Å². The van der Waals surface area contributed by atoms with Crippen molar-refractivity contribution in [3.63, 3.8) is 0 Å². The van der Waals surface area contributed by atoms with Crippen LogP contribution in [-0.2, 0) is 11.2 Å². The molecule has 0 saturated carbocycles. The highest BCUT2D eigenvalue weighted by molar-refractivity contribution is 5.78. The van der Waals surface area contributed by atoms with E-state index < -0.39 is 0 Å². The second kappa shape index (κ2) is 5.96. The van der Waals surface area contributed by atoms with Crippen molar-refractivity contribution in [3.8, 4) is 0 Å². The van der Waals surface area contributed by atoms with Crippen LogP contribution in [0.1, 0.15) is 25.5 Å². The van der Waals surface area contributed by atoms with Gasteiger partial charge in [-0.25, -0.2) is 0 Å². The van der Waals surface area contributed by atoms with E-state index in [4.69, 9.17) is 5.73 Å². The van der Waals surface area contributed by atoms with E-state index in [2.05, 4.69) is 11.9 Å². The highest BCUT2D eigenvalue weighted by atomic mass is 16.2. The highest BCUT2D eigenvalue weighted by Gasteiger charge is 2.28. The van der Waals surface area contributed by atoms with Crippen LogP contribution in [0.5, 0.6) is 0 Å². The minimum atomic E-state index is 0.149. The van der Waals surface area contributed by atoms with E-state index in [1.54, 1.807) is 6.20 Å². The lowest BCUT2D eigenvalue weighted by Gasteiger charge is -2.38. The zero-order valence-corrected chi connectivity index (χ0v) is 10.9. The number of nitrogens with zero attached hydrogens (tertiary/aromatic N) is 2. The van der Waals surface area contributed by atoms with Crippen LogP contribution in [0.25, 0.3) is 0 Å². The molecular weight excluding hydrogens is 226 g/mol. The van der Waals surface area contributed by atoms with Crippen LogP contribution in [-0.4, -0.2) is 34.9 Å². The molecule has 1 aliphatic rings. The summed E-state index contributed by atoms with van der Waals surface area (Å²) in [5.74, 6) is 0.813. The first-order valence-electron chi connectivity index (χ1n) is 6.60. The van der Waals surface area contributed by atoms with Crippen LogP contribution in [0.4, 0.5) is 0 Å². The molecule has 2 N–H and O–H groups in total. The van der Waals surface area contributed by atoms with Gasteiger partial charge in [-0.05, 0) is 30.9 Å². The number of piperidine rings is 1. The Labute approximate surface area is 108 Å². The summed E-state index contributed by atoms with van der Waals surface area (Å²) in [6, 6.07) is 5.86. The van der Waals surface area contributed by atoms with E-state index in [0.717, 1.165) is 25.1 Å². The quantitative estimate of drug-likeness (QED) is 0.873. The Morgan fingerprint density at radius 3 is 3.06 bits per heavy atom. The van der Waals surface area contributed by atoms with Gasteiger partial charge < -0.3 is 10.6 Å². The van der Waals surface area contributed by atoms with Gasteiger partial charge in [-0.1, -0.05) is 13.0 Å². The van der Waals surface area contributed by atoms with Gasteiger partial charge >= 0.3 is 0 Å². The number of rotatable bonds is 3. The van der Waals surface area contributed by atoms with E-state index in [9.17, 15) is 4.79 Å². The minimum Gasteiger partial charge on any atom is -0.338 e. The molecule has 18 heavy (non-hydrogen) atoms. The van der Waals surface area contributed by atoms with Crippen molar-refractivity contribution in [1.82, 2.24) is 9.88 Å². The van der Waals surface area contributed by atoms with Crippen LogP contribution in [0.2, 0.25) is 0 Å². The maximum absolute atomic E-state index is 12.3. The van der Waals surface area contributed by atoms with Crippen molar-refractivity contribution in [2.45, 2.75) is 32.2 Å². The predicted molar refractivity (Wildman–Crippen MR) is 70.9 cm³/mol. The van der Waals surface area contributed by atoms with Crippen LogP contribution >= 0.6 is 0 Å². The number of carbonyl (C=O) groups is 1. The molecular formula is C14H21N3O. The Morgan fingerprint density at radius 1 is 1.56 bits per heavy atom. The molecule has 0 spiro atoms. The summed E-state index contributed by atoms with van der Waals surface area (Å²) in [5, 5.41) is 0. The normalized spacial score (nSPS) is 24.0. The Balaban J connectivity index is 1.99. The molecule has 1 aromatic rings. The van der Waals surface area contributed by atoms with Crippen molar-refractivity contribution >= 4 is 5.91 Å². The summed E-state index contributed by atoms with van der Waals surface area (Å²) in [4.78, 5) is 18.4. The van der Waals surface area contributed by atoms with Crippen LogP contribution in [0.3, 0.4) is 0 Å². The molecule has 2 heterocycles. The molecule has 1 aliphatic heterocycles. The van der Waals surface area contributed by atoms with Gasteiger partial charge in [0.15, 0.2) is 0 Å². The fraction of sp³-hybridized carbons (Fsp3) is 0.571. The van der Waals surface area contributed by atoms with Gasteiger partial charge in [0.05, 0.1) is 6.42 Å². The first kappa shape index (κ1) is 13.0. The third-order valence-electron chi connectivity index (χ3n) is 3.63. The summed E-state index contributed by atoms with van der Waals surface area (Å²) in [6.07, 6.45) is 4.20. The molecule has 2 atom stereocenters. The van der Waals surface area contributed by atoms with Crippen molar-refractivity contribution in [2.75, 3.05) is 13.1 Å². The van der Waals surface area contributed by atoms with Crippen molar-refractivity contribution in [1.29, 1.82) is 0 Å². The molecule has 1 fully saturated rings. The van der Waals surface area contributed by atoms with Gasteiger partial charge in [0.1, 0.15) is 0 Å². The lowest BCUT2D eigenvalue weighted by Crippen LogP contribution is -2.49. The zero-order valence-electron chi connectivity index (χ0n) is 10.9. The van der Waals surface area contributed by atoms with E-state index in [-0.39, 0.29) is 11.9 Å². The van der Waals surface area contributed by atoms with Gasteiger partial charge in [0, 0.05) is 31.0 Å². The number of likely N-dealkylation sites (tertiary alicyclic amines) is 1. The third-order valence-corrected chi connectivity index (χ3v) is 3.63. The first-order valence-corrected chi connectivity index (χ1v) is 6.60. The second-order valence-corrected chi connectivity index (χ2v) is 5.10. The molecule has 4 heteroatoms. The van der Waals surface area contributed by atoms with E-state index in [1.807, 2.05) is 23.1 Å². The van der Waals surface area contributed by atoms with Crippen LogP contribution < -0.4 is 5.73 Å². The third kappa shape index (κ3) is 3.07. The molecule has 0 aliphatic carbocycles. The average molecular weight is 247 g/mol. The van der Waals surface area contributed by atoms with Crippen molar-refractivity contribution in [3.05, 3.63) is 30.1 Å². The van der Waals surface area contributed by atoms with Crippen LogP contribution in [0, 0.1) is 5.92 Å². The van der Waals surface area contributed by atoms with Crippen molar-refractivity contribution in [2.24, 2.45) is 11.7 Å². The monoisotopic (exact) mass is 247 g/mol. The van der Waals surface area contributed by atoms with Gasteiger partial charge in [0.2, 0.25) is 5.91 Å². The average Bonchev–Trinajstić information content (AvgIpc) is 2.39. The lowest BCUT2D eigenvalue weighted by atomic mass is 9.92. The maximum atomic E-state index is 12.3. The molecule has 2 unspecified atom stereocenters. The fourth-order valence-corrected chi connectivity index (χ4v) is 2.56. The zero-order chi connectivity index (χ0) is 13.0. The Bertz CT molecular complexity index is 393. The number of hydrogen-bond acceptors (Lipinski definition) is 3. The number of nitrogens with two attached hydrogens (primary N) is 1.